The van der Waals surface area contributed by atoms with Crippen LogP contribution in [0.15, 0.2) is 30.5 Å². The predicted molar refractivity (Wildman–Crippen MR) is 79.9 cm³/mol. The number of carbonyl (C=O) groups is 1. The van der Waals surface area contributed by atoms with Crippen molar-refractivity contribution in [3.8, 4) is 11.9 Å². The Morgan fingerprint density at radius 2 is 2.22 bits per heavy atom. The van der Waals surface area contributed by atoms with Gasteiger partial charge in [0.05, 0.1) is 23.3 Å². The molecule has 0 saturated heterocycles. The lowest BCUT2D eigenvalue weighted by Crippen LogP contribution is -2.24. The first-order chi connectivity index (χ1) is 11.0. The largest absolute Gasteiger partial charge is 0.475 e. The molecule has 0 fully saturated rings. The summed E-state index contributed by atoms with van der Waals surface area (Å²) in [4.78, 5) is 22.5. The van der Waals surface area contributed by atoms with Gasteiger partial charge in [0, 0.05) is 0 Å². The molecule has 1 aromatic heterocycles. The Bertz CT molecular complexity index is 793. The maximum Gasteiger partial charge on any atom is 0.350 e. The van der Waals surface area contributed by atoms with E-state index in [9.17, 15) is 14.9 Å². The van der Waals surface area contributed by atoms with Gasteiger partial charge in [-0.05, 0) is 19.1 Å². The first kappa shape index (κ1) is 16.0. The van der Waals surface area contributed by atoms with Crippen molar-refractivity contribution in [2.45, 2.75) is 13.0 Å². The molecule has 0 bridgehead atoms. The second-order valence-electron chi connectivity index (χ2n) is 4.58. The average molecular weight is 315 g/mol. The summed E-state index contributed by atoms with van der Waals surface area (Å²) in [6.07, 6.45) is 1.12. The Morgan fingerprint density at radius 3 is 2.78 bits per heavy atom. The fraction of sp³-hybridized carbons (Fsp3) is 0.214. The van der Waals surface area contributed by atoms with Crippen LogP contribution in [0.2, 0.25) is 0 Å². The van der Waals surface area contributed by atoms with Crippen LogP contribution in [0.5, 0.6) is 5.88 Å². The summed E-state index contributed by atoms with van der Waals surface area (Å²) in [7, 11) is 1.26. The summed E-state index contributed by atoms with van der Waals surface area (Å²) in [6.45, 7) is 1.53. The number of nitrogens with one attached hydrogen (secondary N) is 1. The van der Waals surface area contributed by atoms with Crippen molar-refractivity contribution in [2.24, 2.45) is 0 Å². The van der Waals surface area contributed by atoms with Crippen molar-refractivity contribution >= 4 is 17.3 Å². The highest BCUT2D eigenvalue weighted by Gasteiger charge is 2.25. The highest BCUT2D eigenvalue weighted by molar-refractivity contribution is 5.94. The molecular weight excluding hydrogens is 302 g/mol. The zero-order valence-electron chi connectivity index (χ0n) is 12.4. The lowest BCUT2D eigenvalue weighted by Gasteiger charge is -2.12. The summed E-state index contributed by atoms with van der Waals surface area (Å²) >= 11 is 0. The molecule has 1 unspecified atom stereocenters. The molecule has 0 radical (unpaired) electrons. The highest BCUT2D eigenvalue weighted by Crippen LogP contribution is 2.26. The smallest absolute Gasteiger partial charge is 0.350 e. The molecule has 1 aromatic carbocycles. The van der Waals surface area contributed by atoms with Crippen molar-refractivity contribution in [1.82, 2.24) is 9.78 Å². The maximum atomic E-state index is 12.3. The summed E-state index contributed by atoms with van der Waals surface area (Å²) in [5.74, 6) is -0.639. The van der Waals surface area contributed by atoms with Gasteiger partial charge in [-0.25, -0.2) is 4.68 Å². The van der Waals surface area contributed by atoms with E-state index in [1.54, 1.807) is 24.3 Å². The zero-order valence-corrected chi connectivity index (χ0v) is 12.4. The molecule has 2 aromatic rings. The standard InChI is InChI=1S/C14H13N5O4/c1-9(18-8-12(19(21)22)14(17-18)23-2)13(20)16-11-6-4-3-5-10(11)7-15/h3-6,8-9H,1-2H3,(H,16,20). The molecule has 1 N–H and O–H groups in total. The molecular formula is C14H13N5O4. The Kier molecular flexibility index (Phi) is 4.56. The minimum atomic E-state index is -0.829. The van der Waals surface area contributed by atoms with Crippen molar-refractivity contribution in [3.63, 3.8) is 0 Å². The fourth-order valence-corrected chi connectivity index (χ4v) is 1.88. The Hall–Kier alpha value is -3.41. The van der Waals surface area contributed by atoms with E-state index >= 15 is 0 Å². The molecule has 1 atom stereocenters. The van der Waals surface area contributed by atoms with E-state index in [1.165, 1.54) is 14.0 Å². The van der Waals surface area contributed by atoms with Gasteiger partial charge in [-0.3, -0.25) is 14.9 Å². The number of hydrogen-bond donors (Lipinski definition) is 1. The maximum absolute atomic E-state index is 12.3. The number of carbonyl (C=O) groups excluding carboxylic acids is 1. The first-order valence-corrected chi connectivity index (χ1v) is 6.55. The second kappa shape index (κ2) is 6.57. The Labute approximate surface area is 131 Å². The van der Waals surface area contributed by atoms with E-state index in [0.717, 1.165) is 10.9 Å². The third kappa shape index (κ3) is 3.26. The summed E-state index contributed by atoms with van der Waals surface area (Å²) < 4.78 is 5.96. The molecule has 0 aliphatic rings. The van der Waals surface area contributed by atoms with E-state index in [1.807, 2.05) is 6.07 Å². The number of hydrogen-bond acceptors (Lipinski definition) is 6. The second-order valence-corrected chi connectivity index (χ2v) is 4.58. The van der Waals surface area contributed by atoms with Gasteiger partial charge in [-0.2, -0.15) is 5.26 Å². The van der Waals surface area contributed by atoms with E-state index in [4.69, 9.17) is 10.00 Å². The predicted octanol–water partition coefficient (Wildman–Crippen LogP) is 1.87. The molecule has 1 amide bonds. The van der Waals surface area contributed by atoms with Gasteiger partial charge in [0.25, 0.3) is 0 Å². The van der Waals surface area contributed by atoms with E-state index in [0.29, 0.717) is 11.3 Å². The van der Waals surface area contributed by atoms with Crippen molar-refractivity contribution < 1.29 is 14.5 Å². The number of amides is 1. The molecule has 2 rings (SSSR count). The highest BCUT2D eigenvalue weighted by atomic mass is 16.6. The van der Waals surface area contributed by atoms with Crippen LogP contribution >= 0.6 is 0 Å². The van der Waals surface area contributed by atoms with Crippen LogP contribution in [0.25, 0.3) is 0 Å². The number of para-hydroxylation sites is 1. The van der Waals surface area contributed by atoms with Crippen molar-refractivity contribution in [3.05, 3.63) is 46.1 Å². The number of ether oxygens (including phenoxy) is 1. The van der Waals surface area contributed by atoms with Gasteiger partial charge in [0.15, 0.2) is 0 Å². The Balaban J connectivity index is 2.23. The molecule has 0 saturated carbocycles. The minimum Gasteiger partial charge on any atom is -0.475 e. The van der Waals surface area contributed by atoms with Gasteiger partial charge in [-0.15, -0.1) is 5.10 Å². The van der Waals surface area contributed by atoms with Gasteiger partial charge < -0.3 is 10.1 Å². The van der Waals surface area contributed by atoms with Gasteiger partial charge in [0.2, 0.25) is 5.91 Å². The number of nitro groups is 1. The van der Waals surface area contributed by atoms with Crippen LogP contribution in [0.4, 0.5) is 11.4 Å². The molecule has 23 heavy (non-hydrogen) atoms. The van der Waals surface area contributed by atoms with Crippen LogP contribution < -0.4 is 10.1 Å². The summed E-state index contributed by atoms with van der Waals surface area (Å²) in [5, 5.41) is 26.4. The van der Waals surface area contributed by atoms with Gasteiger partial charge in [0.1, 0.15) is 18.3 Å². The monoisotopic (exact) mass is 315 g/mol. The number of benzene rings is 1. The molecule has 118 valence electrons. The fourth-order valence-electron chi connectivity index (χ4n) is 1.88. The molecule has 0 aliphatic carbocycles. The van der Waals surface area contributed by atoms with Gasteiger partial charge in [-0.1, -0.05) is 12.1 Å². The van der Waals surface area contributed by atoms with E-state index < -0.39 is 16.9 Å². The number of anilines is 1. The van der Waals surface area contributed by atoms with Crippen molar-refractivity contribution in [2.75, 3.05) is 12.4 Å². The molecule has 1 heterocycles. The number of nitrogens with zero attached hydrogens (tertiary/aromatic N) is 4. The minimum absolute atomic E-state index is 0.174. The van der Waals surface area contributed by atoms with Crippen molar-refractivity contribution in [1.29, 1.82) is 5.26 Å². The van der Waals surface area contributed by atoms with Crippen LogP contribution in [-0.4, -0.2) is 27.7 Å². The zero-order chi connectivity index (χ0) is 17.0. The average Bonchev–Trinajstić information content (AvgIpc) is 2.99. The topological polar surface area (TPSA) is 123 Å². The number of rotatable bonds is 5. The van der Waals surface area contributed by atoms with Crippen LogP contribution in [0.1, 0.15) is 18.5 Å². The third-order valence-electron chi connectivity index (χ3n) is 3.15. The molecule has 9 nitrogen and oxygen atoms in total. The van der Waals surface area contributed by atoms with Crippen LogP contribution in [0, 0.1) is 21.4 Å². The normalized spacial score (nSPS) is 11.3. The first-order valence-electron chi connectivity index (χ1n) is 6.55. The Morgan fingerprint density at radius 1 is 1.52 bits per heavy atom. The SMILES string of the molecule is COc1nn(C(C)C(=O)Nc2ccccc2C#N)cc1[N+](=O)[O-]. The van der Waals surface area contributed by atoms with E-state index in [-0.39, 0.29) is 11.6 Å². The lowest BCUT2D eigenvalue weighted by atomic mass is 10.2. The third-order valence-corrected chi connectivity index (χ3v) is 3.15. The number of methoxy groups -OCH3 is 1. The quantitative estimate of drug-likeness (QED) is 0.663. The van der Waals surface area contributed by atoms with E-state index in [2.05, 4.69) is 10.4 Å². The van der Waals surface area contributed by atoms with Gasteiger partial charge >= 0.3 is 11.6 Å². The number of aromatic nitrogens is 2. The van der Waals surface area contributed by atoms with Crippen LogP contribution in [-0.2, 0) is 4.79 Å². The van der Waals surface area contributed by atoms with Crippen LogP contribution in [0.3, 0.4) is 0 Å². The summed E-state index contributed by atoms with van der Waals surface area (Å²) in [6, 6.07) is 7.67. The number of nitriles is 1. The lowest BCUT2D eigenvalue weighted by molar-refractivity contribution is -0.385. The molecule has 0 aliphatic heterocycles. The molecule has 0 spiro atoms. The molecule has 9 heteroatoms. The summed E-state index contributed by atoms with van der Waals surface area (Å²) in [5.41, 5.74) is 0.349.